The summed E-state index contributed by atoms with van der Waals surface area (Å²) in [5, 5.41) is 7.90. The number of piperazine rings is 1. The van der Waals surface area contributed by atoms with Gasteiger partial charge in [-0.25, -0.2) is 14.4 Å². The number of anilines is 2. The highest BCUT2D eigenvalue weighted by atomic mass is 35.5. The van der Waals surface area contributed by atoms with E-state index in [2.05, 4.69) is 30.2 Å². The number of hydrogen-bond donors (Lipinski definition) is 1. The van der Waals surface area contributed by atoms with Crippen LogP contribution in [0.2, 0.25) is 5.02 Å². The summed E-state index contributed by atoms with van der Waals surface area (Å²) in [5.41, 5.74) is 1.28. The molecule has 3 heterocycles. The predicted octanol–water partition coefficient (Wildman–Crippen LogP) is 1.92. The lowest BCUT2D eigenvalue weighted by atomic mass is 10.2. The second kappa shape index (κ2) is 7.69. The largest absolute Gasteiger partial charge is 0.353 e. The third-order valence-corrected chi connectivity index (χ3v) is 5.04. The minimum absolute atomic E-state index is 0.0158. The lowest BCUT2D eigenvalue weighted by Gasteiger charge is -2.35. The summed E-state index contributed by atoms with van der Waals surface area (Å²) in [7, 11) is 1.85. The van der Waals surface area contributed by atoms with Crippen LogP contribution < -0.4 is 10.2 Å². The first-order valence-electron chi connectivity index (χ1n) is 8.86. The smallest absolute Gasteiger partial charge is 0.238 e. The summed E-state index contributed by atoms with van der Waals surface area (Å²) in [6, 6.07) is 4.13. The number of benzene rings is 1. The zero-order chi connectivity index (χ0) is 19.7. The molecule has 0 bridgehead atoms. The Morgan fingerprint density at radius 1 is 1.25 bits per heavy atom. The van der Waals surface area contributed by atoms with Crippen molar-refractivity contribution in [2.24, 2.45) is 7.05 Å². The van der Waals surface area contributed by atoms with E-state index in [1.165, 1.54) is 18.2 Å². The maximum Gasteiger partial charge on any atom is 0.238 e. The minimum Gasteiger partial charge on any atom is -0.353 e. The third kappa shape index (κ3) is 3.76. The number of fused-ring (bicyclic) bond motifs is 1. The Hall–Kier alpha value is -2.78. The molecule has 1 amide bonds. The van der Waals surface area contributed by atoms with Crippen LogP contribution in [0.25, 0.3) is 11.0 Å². The van der Waals surface area contributed by atoms with E-state index in [1.54, 1.807) is 17.2 Å². The Labute approximate surface area is 165 Å². The molecule has 28 heavy (non-hydrogen) atoms. The van der Waals surface area contributed by atoms with Crippen molar-refractivity contribution >= 4 is 40.0 Å². The Morgan fingerprint density at radius 2 is 2.04 bits per heavy atom. The molecule has 1 aliphatic rings. The van der Waals surface area contributed by atoms with E-state index < -0.39 is 5.82 Å². The Morgan fingerprint density at radius 3 is 2.79 bits per heavy atom. The highest BCUT2D eigenvalue weighted by molar-refractivity contribution is 6.31. The summed E-state index contributed by atoms with van der Waals surface area (Å²) < 4.78 is 14.9. The van der Waals surface area contributed by atoms with Crippen molar-refractivity contribution in [3.8, 4) is 0 Å². The number of nitrogens with zero attached hydrogens (tertiary/aromatic N) is 6. The second-order valence-corrected chi connectivity index (χ2v) is 7.05. The minimum atomic E-state index is -0.511. The number of rotatable bonds is 4. The number of nitrogens with one attached hydrogen (secondary N) is 1. The molecule has 2 aromatic heterocycles. The highest BCUT2D eigenvalue weighted by Gasteiger charge is 2.22. The van der Waals surface area contributed by atoms with Crippen molar-refractivity contribution < 1.29 is 9.18 Å². The van der Waals surface area contributed by atoms with E-state index in [-0.39, 0.29) is 17.5 Å². The average molecular weight is 404 g/mol. The van der Waals surface area contributed by atoms with E-state index in [0.29, 0.717) is 5.69 Å². The van der Waals surface area contributed by atoms with Gasteiger partial charge < -0.3 is 10.2 Å². The monoisotopic (exact) mass is 403 g/mol. The molecule has 1 aromatic carbocycles. The Kier molecular flexibility index (Phi) is 5.10. The van der Waals surface area contributed by atoms with Gasteiger partial charge in [-0.1, -0.05) is 11.6 Å². The van der Waals surface area contributed by atoms with E-state index in [1.807, 2.05) is 7.05 Å². The maximum atomic E-state index is 13.2. The highest BCUT2D eigenvalue weighted by Crippen LogP contribution is 2.23. The normalized spacial score (nSPS) is 15.2. The van der Waals surface area contributed by atoms with Gasteiger partial charge in [0.25, 0.3) is 0 Å². The molecule has 1 fully saturated rings. The Balaban J connectivity index is 1.35. The Bertz CT molecular complexity index is 1020. The van der Waals surface area contributed by atoms with Crippen LogP contribution in [0.15, 0.2) is 30.7 Å². The van der Waals surface area contributed by atoms with Crippen LogP contribution >= 0.6 is 11.6 Å². The molecule has 0 aliphatic carbocycles. The zero-order valence-electron chi connectivity index (χ0n) is 15.3. The number of hydrogen-bond acceptors (Lipinski definition) is 6. The van der Waals surface area contributed by atoms with Gasteiger partial charge >= 0.3 is 0 Å². The summed E-state index contributed by atoms with van der Waals surface area (Å²) in [4.78, 5) is 25.2. The van der Waals surface area contributed by atoms with Crippen molar-refractivity contribution in [1.29, 1.82) is 0 Å². The molecular weight excluding hydrogens is 385 g/mol. The average Bonchev–Trinajstić information content (AvgIpc) is 3.07. The molecule has 1 aliphatic heterocycles. The fourth-order valence-electron chi connectivity index (χ4n) is 3.30. The fraction of sp³-hybridized carbons (Fsp3) is 0.333. The number of amides is 1. The number of aromatic nitrogens is 4. The van der Waals surface area contributed by atoms with Gasteiger partial charge in [0.2, 0.25) is 5.91 Å². The van der Waals surface area contributed by atoms with Gasteiger partial charge in [-0.15, -0.1) is 0 Å². The van der Waals surface area contributed by atoms with Crippen LogP contribution in [0.3, 0.4) is 0 Å². The number of carbonyl (C=O) groups excluding carboxylic acids is 1. The molecule has 10 heteroatoms. The second-order valence-electron chi connectivity index (χ2n) is 6.64. The predicted molar refractivity (Wildman–Crippen MR) is 105 cm³/mol. The first-order chi connectivity index (χ1) is 13.5. The molecule has 0 radical (unpaired) electrons. The fourth-order valence-corrected chi connectivity index (χ4v) is 3.48. The van der Waals surface area contributed by atoms with Gasteiger partial charge in [-0.05, 0) is 18.2 Å². The van der Waals surface area contributed by atoms with Crippen LogP contribution in [0.4, 0.5) is 15.9 Å². The standard InChI is InChI=1S/C18H19ClFN7O/c1-25-17-13(9-23-25)18(22-11-21-17)27-6-4-26(5-7-27)10-16(28)24-12-2-3-15(20)14(19)8-12/h2-3,8-9,11H,4-7,10H2,1H3,(H,24,28). The molecule has 146 valence electrons. The summed E-state index contributed by atoms with van der Waals surface area (Å²) in [6.07, 6.45) is 3.32. The quantitative estimate of drug-likeness (QED) is 0.717. The van der Waals surface area contributed by atoms with E-state index in [9.17, 15) is 9.18 Å². The summed E-state index contributed by atoms with van der Waals surface area (Å²) in [6.45, 7) is 3.20. The number of halogens is 2. The summed E-state index contributed by atoms with van der Waals surface area (Å²) >= 11 is 5.75. The van der Waals surface area contributed by atoms with Crippen LogP contribution in [-0.4, -0.2) is 63.3 Å². The van der Waals surface area contributed by atoms with E-state index in [4.69, 9.17) is 11.6 Å². The molecule has 8 nitrogen and oxygen atoms in total. The first-order valence-corrected chi connectivity index (χ1v) is 9.24. The van der Waals surface area contributed by atoms with Crippen LogP contribution in [0.5, 0.6) is 0 Å². The lowest BCUT2D eigenvalue weighted by Crippen LogP contribution is -2.49. The van der Waals surface area contributed by atoms with E-state index in [0.717, 1.165) is 43.0 Å². The van der Waals surface area contributed by atoms with Crippen molar-refractivity contribution in [3.05, 3.63) is 41.6 Å². The van der Waals surface area contributed by atoms with Gasteiger partial charge in [0, 0.05) is 38.9 Å². The molecule has 4 rings (SSSR count). The van der Waals surface area contributed by atoms with Crippen molar-refractivity contribution in [3.63, 3.8) is 0 Å². The van der Waals surface area contributed by atoms with Gasteiger partial charge in [0.05, 0.1) is 23.2 Å². The lowest BCUT2D eigenvalue weighted by molar-refractivity contribution is -0.117. The molecule has 0 spiro atoms. The topological polar surface area (TPSA) is 79.2 Å². The third-order valence-electron chi connectivity index (χ3n) is 4.75. The van der Waals surface area contributed by atoms with Crippen LogP contribution in [-0.2, 0) is 11.8 Å². The molecule has 0 saturated carbocycles. The van der Waals surface area contributed by atoms with Crippen molar-refractivity contribution in [1.82, 2.24) is 24.6 Å². The number of carbonyl (C=O) groups is 1. The maximum absolute atomic E-state index is 13.2. The van der Waals surface area contributed by atoms with E-state index >= 15 is 0 Å². The molecule has 0 unspecified atom stereocenters. The van der Waals surface area contributed by atoms with Gasteiger partial charge in [-0.2, -0.15) is 5.10 Å². The molecule has 3 aromatic rings. The molecule has 1 saturated heterocycles. The van der Waals surface area contributed by atoms with Crippen LogP contribution in [0, 0.1) is 5.82 Å². The molecule has 1 N–H and O–H groups in total. The van der Waals surface area contributed by atoms with Crippen molar-refractivity contribution in [2.75, 3.05) is 42.9 Å². The first kappa shape index (κ1) is 18.6. The SMILES string of the molecule is Cn1ncc2c(N3CCN(CC(=O)Nc4ccc(F)c(Cl)c4)CC3)ncnc21. The zero-order valence-corrected chi connectivity index (χ0v) is 16.0. The van der Waals surface area contributed by atoms with Gasteiger partial charge in [-0.3, -0.25) is 14.4 Å². The number of aryl methyl sites for hydroxylation is 1. The summed E-state index contributed by atoms with van der Waals surface area (Å²) in [5.74, 6) is 0.194. The van der Waals surface area contributed by atoms with Gasteiger partial charge in [0.15, 0.2) is 5.65 Å². The van der Waals surface area contributed by atoms with Crippen molar-refractivity contribution in [2.45, 2.75) is 0 Å². The van der Waals surface area contributed by atoms with Gasteiger partial charge in [0.1, 0.15) is 18.0 Å². The molecule has 0 atom stereocenters. The van der Waals surface area contributed by atoms with Crippen LogP contribution in [0.1, 0.15) is 0 Å². The molecular formula is C18H19ClFN7O.